The average molecular weight is 227 g/mol. The molecule has 10 heavy (non-hydrogen) atoms. The number of hydrogen-bond donors (Lipinski definition) is 1. The Morgan fingerprint density at radius 2 is 2.60 bits per heavy atom. The van der Waals surface area contributed by atoms with Crippen LogP contribution in [0.5, 0.6) is 0 Å². The van der Waals surface area contributed by atoms with Crippen LogP contribution in [0.15, 0.2) is 12.4 Å². The molecule has 1 rings (SSSR count). The Morgan fingerprint density at radius 3 is 3.10 bits per heavy atom. The second kappa shape index (κ2) is 3.84. The summed E-state index contributed by atoms with van der Waals surface area (Å²) in [5.41, 5.74) is 0. The van der Waals surface area contributed by atoms with Crippen molar-refractivity contribution in [1.82, 2.24) is 13.6 Å². The topological polar surface area (TPSA) is 31.9 Å². The molecule has 0 saturated heterocycles. The summed E-state index contributed by atoms with van der Waals surface area (Å²) < 4.78 is 2.03. The van der Waals surface area contributed by atoms with E-state index >= 15 is 0 Å². The van der Waals surface area contributed by atoms with Crippen LogP contribution < -0.4 is 0 Å². The SMILES string of the molecule is C[N]([Rh])CCc1ncc[nH]1. The number of likely N-dealkylation sites (N-methyl/N-ethyl adjacent to an activating group) is 1. The fourth-order valence-corrected chi connectivity index (χ4v) is 0.873. The van der Waals surface area contributed by atoms with Gasteiger partial charge in [0, 0.05) is 0 Å². The van der Waals surface area contributed by atoms with Gasteiger partial charge in [-0.1, -0.05) is 0 Å². The summed E-state index contributed by atoms with van der Waals surface area (Å²) in [5.74, 6) is 1.05. The summed E-state index contributed by atoms with van der Waals surface area (Å²) in [6.07, 6.45) is 4.59. The minimum atomic E-state index is 0.972. The minimum absolute atomic E-state index is 0.972. The van der Waals surface area contributed by atoms with Gasteiger partial charge in [0.15, 0.2) is 0 Å². The molecule has 0 aliphatic rings. The molecule has 3 nitrogen and oxygen atoms in total. The molecule has 0 saturated carbocycles. The van der Waals surface area contributed by atoms with Crippen LogP contribution in [-0.4, -0.2) is 27.2 Å². The number of nitrogens with zero attached hydrogens (tertiary/aromatic N) is 2. The summed E-state index contributed by atoms with van der Waals surface area (Å²) >= 11 is 2.79. The van der Waals surface area contributed by atoms with Gasteiger partial charge in [-0.3, -0.25) is 0 Å². The summed E-state index contributed by atoms with van der Waals surface area (Å²) in [5, 5.41) is 0. The first-order chi connectivity index (χ1) is 4.79. The number of hydrogen-bond acceptors (Lipinski definition) is 2. The van der Waals surface area contributed by atoms with E-state index in [4.69, 9.17) is 0 Å². The fourth-order valence-electron chi connectivity index (χ4n) is 0.690. The standard InChI is InChI=1S/C6H10N3.Rh/c1-7-3-2-6-8-4-5-9-6;/h4-5H,2-3H2,1H3,(H,8,9);/q-1;+1. The van der Waals surface area contributed by atoms with Crippen molar-refractivity contribution in [2.45, 2.75) is 6.42 Å². The van der Waals surface area contributed by atoms with Crippen LogP contribution in [0.4, 0.5) is 0 Å². The van der Waals surface area contributed by atoms with Crippen molar-refractivity contribution < 1.29 is 18.5 Å². The Morgan fingerprint density at radius 1 is 1.80 bits per heavy atom. The van der Waals surface area contributed by atoms with Gasteiger partial charge in [0.25, 0.3) is 0 Å². The molecular weight excluding hydrogens is 217 g/mol. The van der Waals surface area contributed by atoms with E-state index < -0.39 is 0 Å². The zero-order valence-electron chi connectivity index (χ0n) is 5.80. The molecule has 1 N–H and O–H groups in total. The van der Waals surface area contributed by atoms with Crippen LogP contribution in [0.2, 0.25) is 0 Å². The molecule has 1 aromatic heterocycles. The number of imidazole rings is 1. The maximum absolute atomic E-state index is 4.09. The molecule has 0 spiro atoms. The molecule has 1 aromatic rings. The van der Waals surface area contributed by atoms with Crippen LogP contribution in [0, 0.1) is 0 Å². The van der Waals surface area contributed by atoms with Crippen molar-refractivity contribution in [3.05, 3.63) is 18.2 Å². The van der Waals surface area contributed by atoms with Gasteiger partial charge in [-0.25, -0.2) is 0 Å². The second-order valence-electron chi connectivity index (χ2n) is 2.08. The zero-order chi connectivity index (χ0) is 7.40. The molecule has 0 aliphatic carbocycles. The maximum atomic E-state index is 4.09. The predicted molar refractivity (Wildman–Crippen MR) is 34.9 cm³/mol. The Bertz CT molecular complexity index is 171. The van der Waals surface area contributed by atoms with Gasteiger partial charge >= 0.3 is 70.4 Å². The molecule has 0 bridgehead atoms. The van der Waals surface area contributed by atoms with E-state index in [1.807, 2.05) is 16.9 Å². The Balaban J connectivity index is 2.28. The van der Waals surface area contributed by atoms with Gasteiger partial charge in [-0.2, -0.15) is 0 Å². The monoisotopic (exact) mass is 227 g/mol. The van der Waals surface area contributed by atoms with Gasteiger partial charge in [-0.05, 0) is 0 Å². The first-order valence-electron chi connectivity index (χ1n) is 3.12. The Labute approximate surface area is 70.8 Å². The van der Waals surface area contributed by atoms with Gasteiger partial charge in [0.2, 0.25) is 0 Å². The summed E-state index contributed by atoms with van der Waals surface area (Å²) in [6.45, 7) is 1.00. The molecule has 4 heteroatoms. The molecular formula is C6H10N3Rh. The normalized spacial score (nSPS) is 10.8. The van der Waals surface area contributed by atoms with Gasteiger partial charge in [0.1, 0.15) is 0 Å². The summed E-state index contributed by atoms with van der Waals surface area (Å²) in [6, 6.07) is 0. The number of aromatic amines is 1. The number of rotatable bonds is 3. The van der Waals surface area contributed by atoms with Crippen LogP contribution in [0.1, 0.15) is 5.82 Å². The average Bonchev–Trinajstić information content (AvgIpc) is 2.34. The molecule has 0 aliphatic heterocycles. The van der Waals surface area contributed by atoms with E-state index in [2.05, 4.69) is 28.5 Å². The van der Waals surface area contributed by atoms with Crippen molar-refractivity contribution in [2.75, 3.05) is 13.6 Å². The molecule has 0 unspecified atom stereocenters. The zero-order valence-corrected chi connectivity index (χ0v) is 7.44. The number of nitrogens with one attached hydrogen (secondary N) is 1. The van der Waals surface area contributed by atoms with Crippen LogP contribution in [-0.2, 0) is 25.0 Å². The van der Waals surface area contributed by atoms with Crippen LogP contribution >= 0.6 is 0 Å². The molecule has 0 amide bonds. The number of aromatic nitrogens is 2. The van der Waals surface area contributed by atoms with Gasteiger partial charge < -0.3 is 0 Å². The predicted octanol–water partition coefficient (Wildman–Crippen LogP) is 0.346. The van der Waals surface area contributed by atoms with Crippen molar-refractivity contribution in [2.24, 2.45) is 0 Å². The van der Waals surface area contributed by atoms with Crippen molar-refractivity contribution in [3.63, 3.8) is 0 Å². The molecule has 0 radical (unpaired) electrons. The van der Waals surface area contributed by atoms with Gasteiger partial charge in [-0.15, -0.1) is 0 Å². The van der Waals surface area contributed by atoms with E-state index in [1.165, 1.54) is 0 Å². The van der Waals surface area contributed by atoms with E-state index in [0.29, 0.717) is 0 Å². The quantitative estimate of drug-likeness (QED) is 0.755. The first-order valence-corrected chi connectivity index (χ1v) is 3.85. The van der Waals surface area contributed by atoms with Crippen molar-refractivity contribution in [3.8, 4) is 0 Å². The summed E-state index contributed by atoms with van der Waals surface area (Å²) in [7, 11) is 2.01. The number of H-pyrrole nitrogens is 1. The Hall–Kier alpha value is -0.207. The molecule has 58 valence electrons. The third-order valence-electron chi connectivity index (χ3n) is 1.20. The van der Waals surface area contributed by atoms with Crippen LogP contribution in [0.25, 0.3) is 0 Å². The van der Waals surface area contributed by atoms with Crippen molar-refractivity contribution >= 4 is 0 Å². The molecule has 1 heterocycles. The third-order valence-corrected chi connectivity index (χ3v) is 1.57. The van der Waals surface area contributed by atoms with E-state index in [9.17, 15) is 0 Å². The molecule has 0 atom stereocenters. The third kappa shape index (κ3) is 2.59. The van der Waals surface area contributed by atoms with E-state index in [-0.39, 0.29) is 0 Å². The summed E-state index contributed by atoms with van der Waals surface area (Å²) in [4.78, 5) is 7.14. The Kier molecular flexibility index (Phi) is 3.03. The molecule has 0 aromatic carbocycles. The first kappa shape index (κ1) is 7.90. The fraction of sp³-hybridized carbons (Fsp3) is 0.500. The van der Waals surface area contributed by atoms with Crippen LogP contribution in [0.3, 0.4) is 0 Å². The van der Waals surface area contributed by atoms with E-state index in [1.54, 1.807) is 6.20 Å². The van der Waals surface area contributed by atoms with E-state index in [0.717, 1.165) is 18.8 Å². The molecule has 0 fully saturated rings. The van der Waals surface area contributed by atoms with Gasteiger partial charge in [0.05, 0.1) is 0 Å². The van der Waals surface area contributed by atoms with Crippen molar-refractivity contribution in [1.29, 1.82) is 0 Å². The second-order valence-corrected chi connectivity index (χ2v) is 3.33.